The van der Waals surface area contributed by atoms with Gasteiger partial charge in [0.05, 0.1) is 30.8 Å². The lowest BCUT2D eigenvalue weighted by atomic mass is 9.99. The highest BCUT2D eigenvalue weighted by Gasteiger charge is 2.30. The topological polar surface area (TPSA) is 84.9 Å². The van der Waals surface area contributed by atoms with Crippen molar-refractivity contribution in [2.75, 3.05) is 25.1 Å². The summed E-state index contributed by atoms with van der Waals surface area (Å²) in [6.45, 7) is 1.41. The van der Waals surface area contributed by atoms with Crippen molar-refractivity contribution in [2.45, 2.75) is 17.9 Å². The van der Waals surface area contributed by atoms with Gasteiger partial charge in [-0.05, 0) is 42.3 Å². The Morgan fingerprint density at radius 1 is 0.816 bits per heavy atom. The maximum atomic E-state index is 13.9. The summed E-state index contributed by atoms with van der Waals surface area (Å²) < 4.78 is 39.6. The monoisotopic (exact) mass is 530 g/mol. The number of nitrogens with zero attached hydrogens (tertiary/aromatic N) is 1. The molecule has 0 aliphatic heterocycles. The lowest BCUT2D eigenvalue weighted by Gasteiger charge is -2.27. The summed E-state index contributed by atoms with van der Waals surface area (Å²) in [5.74, 6) is 0.280. The predicted molar refractivity (Wildman–Crippen MR) is 148 cm³/mol. The van der Waals surface area contributed by atoms with Crippen LogP contribution < -0.4 is 19.1 Å². The Kier molecular flexibility index (Phi) is 8.33. The average Bonchev–Trinajstić information content (AvgIpc) is 2.95. The van der Waals surface area contributed by atoms with Crippen molar-refractivity contribution in [2.24, 2.45) is 0 Å². The fraction of sp³-hybridized carbons (Fsp3) is 0.167. The van der Waals surface area contributed by atoms with Gasteiger partial charge >= 0.3 is 0 Å². The number of rotatable bonds is 10. The lowest BCUT2D eigenvalue weighted by molar-refractivity contribution is -0.120. The van der Waals surface area contributed by atoms with Gasteiger partial charge in [0.15, 0.2) is 0 Å². The first-order valence-electron chi connectivity index (χ1n) is 12.0. The van der Waals surface area contributed by atoms with Crippen LogP contribution in [0.1, 0.15) is 22.7 Å². The molecular weight excluding hydrogens is 500 g/mol. The molecule has 0 fully saturated rings. The van der Waals surface area contributed by atoms with Crippen LogP contribution in [0.15, 0.2) is 108 Å². The van der Waals surface area contributed by atoms with Gasteiger partial charge in [0.2, 0.25) is 5.91 Å². The van der Waals surface area contributed by atoms with Crippen LogP contribution in [0.5, 0.6) is 11.5 Å². The van der Waals surface area contributed by atoms with Crippen LogP contribution in [0, 0.1) is 6.92 Å². The lowest BCUT2D eigenvalue weighted by Crippen LogP contribution is -2.42. The Morgan fingerprint density at radius 2 is 1.39 bits per heavy atom. The molecule has 0 saturated carbocycles. The molecule has 0 aromatic heterocycles. The van der Waals surface area contributed by atoms with E-state index in [1.807, 2.05) is 67.6 Å². The fourth-order valence-corrected chi connectivity index (χ4v) is 5.55. The molecule has 0 aliphatic rings. The number of aryl methyl sites for hydroxylation is 1. The van der Waals surface area contributed by atoms with Gasteiger partial charge in [0, 0.05) is 6.07 Å². The molecule has 1 N–H and O–H groups in total. The second-order valence-electron chi connectivity index (χ2n) is 8.68. The highest BCUT2D eigenvalue weighted by molar-refractivity contribution is 7.92. The molecule has 38 heavy (non-hydrogen) atoms. The first-order chi connectivity index (χ1) is 18.3. The van der Waals surface area contributed by atoms with Crippen LogP contribution in [-0.2, 0) is 14.8 Å². The molecule has 0 spiro atoms. The number of hydrogen-bond donors (Lipinski definition) is 1. The van der Waals surface area contributed by atoms with Crippen molar-refractivity contribution < 1.29 is 22.7 Å². The highest BCUT2D eigenvalue weighted by atomic mass is 32.2. The maximum absolute atomic E-state index is 13.9. The quantitative estimate of drug-likeness (QED) is 0.308. The number of amides is 1. The van der Waals surface area contributed by atoms with Crippen LogP contribution in [-0.4, -0.2) is 35.1 Å². The zero-order valence-corrected chi connectivity index (χ0v) is 22.3. The van der Waals surface area contributed by atoms with Crippen LogP contribution in [0.25, 0.3) is 0 Å². The van der Waals surface area contributed by atoms with Gasteiger partial charge < -0.3 is 14.8 Å². The van der Waals surface area contributed by atoms with Crippen molar-refractivity contribution in [3.63, 3.8) is 0 Å². The number of carbonyl (C=O) groups is 1. The van der Waals surface area contributed by atoms with Crippen LogP contribution in [0.2, 0.25) is 0 Å². The van der Waals surface area contributed by atoms with E-state index in [1.165, 1.54) is 26.4 Å². The van der Waals surface area contributed by atoms with Crippen molar-refractivity contribution in [1.82, 2.24) is 5.32 Å². The van der Waals surface area contributed by atoms with Gasteiger partial charge in [0.1, 0.15) is 18.0 Å². The minimum absolute atomic E-state index is 0.0661. The summed E-state index contributed by atoms with van der Waals surface area (Å²) in [5, 5.41) is 3.03. The first kappa shape index (κ1) is 26.8. The van der Waals surface area contributed by atoms with Crippen molar-refractivity contribution in [3.05, 3.63) is 120 Å². The molecule has 0 heterocycles. The Bertz CT molecular complexity index is 1440. The molecule has 0 saturated heterocycles. The number of ether oxygens (including phenoxy) is 2. The summed E-state index contributed by atoms with van der Waals surface area (Å²) in [7, 11) is -1.18. The van der Waals surface area contributed by atoms with E-state index in [2.05, 4.69) is 5.32 Å². The van der Waals surface area contributed by atoms with Gasteiger partial charge in [-0.25, -0.2) is 8.42 Å². The summed E-state index contributed by atoms with van der Waals surface area (Å²) in [5.41, 5.74) is 2.90. The predicted octanol–water partition coefficient (Wildman–Crippen LogP) is 5.11. The maximum Gasteiger partial charge on any atom is 0.264 e. The summed E-state index contributed by atoms with van der Waals surface area (Å²) in [6.07, 6.45) is 0. The second-order valence-corrected chi connectivity index (χ2v) is 10.5. The third-order valence-electron chi connectivity index (χ3n) is 6.12. The third kappa shape index (κ3) is 5.98. The number of nitrogens with one attached hydrogen (secondary N) is 1. The average molecular weight is 531 g/mol. The molecular formula is C30H30N2O5S. The first-order valence-corrected chi connectivity index (χ1v) is 13.5. The molecule has 0 aliphatic carbocycles. The normalized spacial score (nSPS) is 11.2. The van der Waals surface area contributed by atoms with Crippen LogP contribution in [0.3, 0.4) is 0 Å². The van der Waals surface area contributed by atoms with E-state index in [1.54, 1.807) is 30.3 Å². The zero-order valence-electron chi connectivity index (χ0n) is 21.5. The number of methoxy groups -OCH3 is 2. The van der Waals surface area contributed by atoms with E-state index in [-0.39, 0.29) is 16.3 Å². The number of carbonyl (C=O) groups excluding carboxylic acids is 1. The van der Waals surface area contributed by atoms with E-state index in [9.17, 15) is 13.2 Å². The Morgan fingerprint density at radius 3 is 1.92 bits per heavy atom. The van der Waals surface area contributed by atoms with Crippen LogP contribution in [0.4, 0.5) is 5.69 Å². The largest absolute Gasteiger partial charge is 0.497 e. The number of hydrogen-bond acceptors (Lipinski definition) is 5. The summed E-state index contributed by atoms with van der Waals surface area (Å²) in [6, 6.07) is 29.9. The summed E-state index contributed by atoms with van der Waals surface area (Å²) >= 11 is 0. The van der Waals surface area contributed by atoms with Crippen LogP contribution >= 0.6 is 0 Å². The molecule has 4 aromatic carbocycles. The standard InChI is InChI=1S/C30H30N2O5S/c1-22-14-17-26(18-15-22)38(34,35)32(27-19-16-25(36-2)20-28(27)37-3)21-29(33)31-30(23-10-6-4-7-11-23)24-12-8-5-9-13-24/h4-20,30H,21H2,1-3H3,(H,31,33). The van der Waals surface area contributed by atoms with Gasteiger partial charge in [0.25, 0.3) is 10.0 Å². The second kappa shape index (κ2) is 11.8. The van der Waals surface area contributed by atoms with Gasteiger partial charge in [-0.1, -0.05) is 78.4 Å². The van der Waals surface area contributed by atoms with E-state index < -0.39 is 28.5 Å². The molecule has 8 heteroatoms. The molecule has 196 valence electrons. The van der Waals surface area contributed by atoms with Crippen molar-refractivity contribution >= 4 is 21.6 Å². The third-order valence-corrected chi connectivity index (χ3v) is 7.90. The number of benzene rings is 4. The minimum Gasteiger partial charge on any atom is -0.497 e. The van der Waals surface area contributed by atoms with E-state index >= 15 is 0 Å². The summed E-state index contributed by atoms with van der Waals surface area (Å²) in [4.78, 5) is 13.6. The molecule has 0 atom stereocenters. The Balaban J connectivity index is 1.74. The molecule has 0 unspecified atom stereocenters. The van der Waals surface area contributed by atoms with Crippen molar-refractivity contribution in [1.29, 1.82) is 0 Å². The van der Waals surface area contributed by atoms with Gasteiger partial charge in [-0.15, -0.1) is 0 Å². The van der Waals surface area contributed by atoms with Gasteiger partial charge in [-0.3, -0.25) is 9.10 Å². The highest BCUT2D eigenvalue weighted by Crippen LogP contribution is 2.35. The van der Waals surface area contributed by atoms with Gasteiger partial charge in [-0.2, -0.15) is 0 Å². The molecule has 4 rings (SSSR count). The molecule has 0 radical (unpaired) electrons. The molecule has 4 aromatic rings. The molecule has 7 nitrogen and oxygen atoms in total. The smallest absolute Gasteiger partial charge is 0.264 e. The zero-order chi connectivity index (χ0) is 27.1. The number of sulfonamides is 1. The van der Waals surface area contributed by atoms with E-state index in [0.29, 0.717) is 5.75 Å². The Hall–Kier alpha value is -4.30. The number of anilines is 1. The Labute approximate surface area is 223 Å². The molecule has 0 bridgehead atoms. The van der Waals surface area contributed by atoms with E-state index in [4.69, 9.17) is 9.47 Å². The fourth-order valence-electron chi connectivity index (χ4n) is 4.12. The molecule has 1 amide bonds. The van der Waals surface area contributed by atoms with E-state index in [0.717, 1.165) is 21.0 Å². The minimum atomic E-state index is -4.13. The van der Waals surface area contributed by atoms with Crippen molar-refractivity contribution in [3.8, 4) is 11.5 Å². The SMILES string of the molecule is COc1ccc(N(CC(=O)NC(c2ccccc2)c2ccccc2)S(=O)(=O)c2ccc(C)cc2)c(OC)c1.